The molecule has 0 radical (unpaired) electrons. The maximum atomic E-state index is 13.7. The van der Waals surface area contributed by atoms with E-state index in [1.807, 2.05) is 18.2 Å². The molecule has 2 aliphatic rings. The first-order valence-corrected chi connectivity index (χ1v) is 16.0. The molecule has 6 rings (SSSR count). The Labute approximate surface area is 253 Å². The largest absolute Gasteiger partial charge is 0.573 e. The van der Waals surface area contributed by atoms with Gasteiger partial charge in [-0.25, -0.2) is 18.5 Å². The number of hydrogen-bond donors (Lipinski definition) is 2. The van der Waals surface area contributed by atoms with Gasteiger partial charge in [0.15, 0.2) is 5.13 Å². The van der Waals surface area contributed by atoms with E-state index in [0.717, 1.165) is 52.7 Å². The first-order valence-electron chi connectivity index (χ1n) is 13.8. The Kier molecular flexibility index (Phi) is 8.06. The number of H-pyrrole nitrogens is 1. The zero-order valence-electron chi connectivity index (χ0n) is 23.0. The van der Waals surface area contributed by atoms with Crippen molar-refractivity contribution in [1.82, 2.24) is 24.8 Å². The van der Waals surface area contributed by atoms with E-state index >= 15 is 0 Å². The summed E-state index contributed by atoms with van der Waals surface area (Å²) < 4.78 is 70.6. The predicted molar refractivity (Wildman–Crippen MR) is 156 cm³/mol. The molecule has 2 aromatic carbocycles. The molecule has 0 bridgehead atoms. The van der Waals surface area contributed by atoms with Crippen molar-refractivity contribution in [1.29, 1.82) is 0 Å². The van der Waals surface area contributed by atoms with E-state index in [2.05, 4.69) is 37.4 Å². The fourth-order valence-electron chi connectivity index (χ4n) is 5.56. The summed E-state index contributed by atoms with van der Waals surface area (Å²) in [6.07, 6.45) is -1.73. The highest BCUT2D eigenvalue weighted by atomic mass is 32.2. The third-order valence-electron chi connectivity index (χ3n) is 7.84. The van der Waals surface area contributed by atoms with E-state index in [-0.39, 0.29) is 30.4 Å². The highest BCUT2D eigenvalue weighted by Gasteiger charge is 2.42. The van der Waals surface area contributed by atoms with E-state index in [1.54, 1.807) is 4.90 Å². The van der Waals surface area contributed by atoms with Gasteiger partial charge >= 0.3 is 6.36 Å². The lowest BCUT2D eigenvalue weighted by Gasteiger charge is -2.40. The van der Waals surface area contributed by atoms with Crippen molar-refractivity contribution in [3.63, 3.8) is 0 Å². The molecule has 4 aromatic rings. The molecule has 0 spiro atoms. The number of amides is 1. The van der Waals surface area contributed by atoms with Crippen LogP contribution in [0.3, 0.4) is 0 Å². The average Bonchev–Trinajstić information content (AvgIpc) is 3.42. The molecule has 1 aliphatic carbocycles. The van der Waals surface area contributed by atoms with Gasteiger partial charge in [0.1, 0.15) is 22.0 Å². The molecule has 1 saturated carbocycles. The summed E-state index contributed by atoms with van der Waals surface area (Å²) in [6, 6.07) is 12.8. The number of nitrogens with zero attached hydrogens (tertiary/aromatic N) is 4. The van der Waals surface area contributed by atoms with Crippen LogP contribution in [0.15, 0.2) is 70.5 Å². The lowest BCUT2D eigenvalue weighted by atomic mass is 9.71. The fourth-order valence-corrected chi connectivity index (χ4v) is 8.09. The number of rotatable bonds is 8. The second-order valence-electron chi connectivity index (χ2n) is 10.7. The second kappa shape index (κ2) is 11.8. The number of carbonyl (C=O) groups is 1. The van der Waals surface area contributed by atoms with Crippen molar-refractivity contribution >= 4 is 42.6 Å². The molecule has 1 atom stereocenters. The number of alkyl halides is 3. The minimum Gasteiger partial charge on any atom is -0.406 e. The Hall–Kier alpha value is -4.02. The Morgan fingerprint density at radius 1 is 1.09 bits per heavy atom. The number of nitrogens with one attached hydrogen (secondary N) is 2. The quantitative estimate of drug-likeness (QED) is 0.297. The molecule has 2 N–H and O–H groups in total. The first-order chi connectivity index (χ1) is 21.0. The van der Waals surface area contributed by atoms with Gasteiger partial charge in [-0.05, 0) is 54.5 Å². The highest BCUT2D eigenvalue weighted by molar-refractivity contribution is 7.89. The number of thiazole rings is 1. The molecule has 1 saturated heterocycles. The van der Waals surface area contributed by atoms with Gasteiger partial charge in [0, 0.05) is 26.2 Å². The number of piperazine rings is 1. The van der Waals surface area contributed by atoms with Crippen LogP contribution < -0.4 is 20.5 Å². The number of halogens is 3. The number of fused-ring (bicyclic) bond motifs is 1. The van der Waals surface area contributed by atoms with Crippen LogP contribution in [0, 0.1) is 5.92 Å². The van der Waals surface area contributed by atoms with Crippen LogP contribution in [0.2, 0.25) is 0 Å². The van der Waals surface area contributed by atoms with Crippen molar-refractivity contribution in [3.8, 4) is 5.75 Å². The number of sulfonamides is 1. The number of aromatic amines is 1. The smallest absolute Gasteiger partial charge is 0.406 e. The van der Waals surface area contributed by atoms with Crippen molar-refractivity contribution in [3.05, 3.63) is 76.7 Å². The van der Waals surface area contributed by atoms with Crippen LogP contribution >= 0.6 is 11.3 Å². The number of benzene rings is 2. The number of aromatic nitrogens is 3. The minimum absolute atomic E-state index is 0.0528. The van der Waals surface area contributed by atoms with Crippen LogP contribution in [0.1, 0.15) is 24.3 Å². The van der Waals surface area contributed by atoms with Gasteiger partial charge < -0.3 is 15.0 Å². The third-order valence-corrected chi connectivity index (χ3v) is 10.9. The second-order valence-corrected chi connectivity index (χ2v) is 13.6. The zero-order valence-corrected chi connectivity index (χ0v) is 24.7. The number of carbonyl (C=O) groups excluding carboxylic acids is 1. The van der Waals surface area contributed by atoms with Crippen molar-refractivity contribution in [2.75, 3.05) is 31.1 Å². The molecule has 0 unspecified atom stereocenters. The van der Waals surface area contributed by atoms with E-state index in [0.29, 0.717) is 27.8 Å². The molecule has 3 heterocycles. The lowest BCUT2D eigenvalue weighted by molar-refractivity contribution is -0.274. The number of ether oxygens (including phenoxy) is 1. The van der Waals surface area contributed by atoms with Gasteiger partial charge in [-0.15, -0.1) is 13.2 Å². The van der Waals surface area contributed by atoms with Crippen LogP contribution in [-0.4, -0.2) is 72.4 Å². The minimum atomic E-state index is -4.93. The normalized spacial score (nSPS) is 21.2. The molecule has 2 aromatic heterocycles. The number of anilines is 1. The van der Waals surface area contributed by atoms with Crippen LogP contribution in [0.25, 0.3) is 10.2 Å². The zero-order chi connectivity index (χ0) is 31.1. The van der Waals surface area contributed by atoms with Gasteiger partial charge in [0.25, 0.3) is 5.56 Å². The molecule has 16 heteroatoms. The average molecular weight is 649 g/mol. The molecule has 44 heavy (non-hydrogen) atoms. The van der Waals surface area contributed by atoms with Gasteiger partial charge in [-0.2, -0.15) is 9.40 Å². The van der Waals surface area contributed by atoms with Crippen LogP contribution in [0.5, 0.6) is 5.75 Å². The van der Waals surface area contributed by atoms with Crippen molar-refractivity contribution in [2.24, 2.45) is 5.92 Å². The van der Waals surface area contributed by atoms with E-state index < -0.39 is 39.6 Å². The van der Waals surface area contributed by atoms with Gasteiger partial charge in [0.2, 0.25) is 15.9 Å². The summed E-state index contributed by atoms with van der Waals surface area (Å²) in [4.78, 5) is 31.8. The molecule has 2 fully saturated rings. The summed E-state index contributed by atoms with van der Waals surface area (Å²) >= 11 is 1.11. The van der Waals surface area contributed by atoms with Gasteiger partial charge in [-0.1, -0.05) is 41.7 Å². The summed E-state index contributed by atoms with van der Waals surface area (Å²) in [7, 11) is -4.30. The van der Waals surface area contributed by atoms with E-state index in [1.165, 1.54) is 11.8 Å². The van der Waals surface area contributed by atoms with Crippen LogP contribution in [-0.2, 0) is 14.8 Å². The fraction of sp³-hybridized carbons (Fsp3) is 0.357. The van der Waals surface area contributed by atoms with Crippen molar-refractivity contribution in [2.45, 2.75) is 36.1 Å². The summed E-state index contributed by atoms with van der Waals surface area (Å²) in [6.45, 7) is 0.372. The molecular weight excluding hydrogens is 621 g/mol. The molecule has 11 nitrogen and oxygen atoms in total. The Morgan fingerprint density at radius 3 is 2.50 bits per heavy atom. The predicted octanol–water partition coefficient (Wildman–Crippen LogP) is 3.47. The maximum Gasteiger partial charge on any atom is 0.573 e. The highest BCUT2D eigenvalue weighted by Crippen LogP contribution is 2.41. The molecule has 1 aliphatic heterocycles. The SMILES string of the molecule is O=C(NCC1CC(c2ccccc2)C1)[C@H]1CN(c2nc3cn[nH]c(=O)c3s2)CCN1S(=O)(=O)c1ccc(OC(F)(F)F)cc1. The van der Waals surface area contributed by atoms with Crippen LogP contribution in [0.4, 0.5) is 18.3 Å². The topological polar surface area (TPSA) is 138 Å². The Morgan fingerprint density at radius 2 is 1.82 bits per heavy atom. The Balaban J connectivity index is 1.21. The molecule has 1 amide bonds. The summed E-state index contributed by atoms with van der Waals surface area (Å²) in [5.41, 5.74) is 1.21. The maximum absolute atomic E-state index is 13.7. The standard InChI is InChI=1S/C28H27F3N6O5S2/c29-28(30,31)42-20-6-8-21(9-7-20)44(40,41)37-11-10-36(27-34-22-15-33-35-26(39)24(22)43-27)16-23(37)25(38)32-14-17-12-19(13-17)18-4-2-1-3-5-18/h1-9,15,17,19,23H,10-14,16H2,(H,32,38)(H,35,39)/t17?,19?,23-/m1/s1. The van der Waals surface area contributed by atoms with E-state index in [4.69, 9.17) is 0 Å². The van der Waals surface area contributed by atoms with Gasteiger partial charge in [-0.3, -0.25) is 9.59 Å². The van der Waals surface area contributed by atoms with Crippen molar-refractivity contribution < 1.29 is 31.1 Å². The monoisotopic (exact) mass is 648 g/mol. The van der Waals surface area contributed by atoms with E-state index in [9.17, 15) is 31.2 Å². The first kappa shape index (κ1) is 30.0. The summed E-state index contributed by atoms with van der Waals surface area (Å²) in [5, 5.41) is 9.48. The Bertz CT molecular complexity index is 1810. The number of hydrogen-bond acceptors (Lipinski definition) is 9. The third kappa shape index (κ3) is 6.27. The molecule has 232 valence electrons. The summed E-state index contributed by atoms with van der Waals surface area (Å²) in [5.74, 6) is -0.427. The lowest BCUT2D eigenvalue weighted by Crippen LogP contribution is -2.61. The molecular formula is C28H27F3N6O5S2. The van der Waals surface area contributed by atoms with Gasteiger partial charge in [0.05, 0.1) is 11.1 Å².